The van der Waals surface area contributed by atoms with Crippen molar-refractivity contribution in [3.05, 3.63) is 29.3 Å². The number of hydrogen-bond acceptors (Lipinski definition) is 1. The molecule has 0 amide bonds. The maximum atomic E-state index is 5.19. The van der Waals surface area contributed by atoms with Gasteiger partial charge in [-0.25, -0.2) is 0 Å². The summed E-state index contributed by atoms with van der Waals surface area (Å²) in [7, 11) is 1.71. The van der Waals surface area contributed by atoms with Gasteiger partial charge in [0.2, 0.25) is 0 Å². The molecule has 0 atom stereocenters. The molecule has 1 rings (SSSR count). The lowest BCUT2D eigenvalue weighted by Gasteiger charge is -2.06. The summed E-state index contributed by atoms with van der Waals surface area (Å²) in [5.74, 6) is 0.998. The average molecular weight is 180 g/mol. The van der Waals surface area contributed by atoms with Crippen molar-refractivity contribution >= 4 is 0 Å². The maximum absolute atomic E-state index is 5.19. The molecule has 1 nitrogen and oxygen atoms in total. The zero-order valence-corrected chi connectivity index (χ0v) is 9.35. The standard InChI is InChI=1S/C10H14O.C2H6/c1-4-9-7-8(2)5-6-10(9)11-3;1-2/h5-7H,4H2,1-3H3;1-2H3. The van der Waals surface area contributed by atoms with Crippen LogP contribution in [0.5, 0.6) is 5.75 Å². The molecular formula is C12H20O. The van der Waals surface area contributed by atoms with Gasteiger partial charge >= 0.3 is 0 Å². The number of ether oxygens (including phenoxy) is 1. The van der Waals surface area contributed by atoms with Crippen LogP contribution in [-0.2, 0) is 6.42 Å². The monoisotopic (exact) mass is 180 g/mol. The fourth-order valence-electron chi connectivity index (χ4n) is 1.18. The molecule has 0 N–H and O–H groups in total. The van der Waals surface area contributed by atoms with Crippen molar-refractivity contribution in [3.8, 4) is 5.75 Å². The Hall–Kier alpha value is -0.980. The van der Waals surface area contributed by atoms with Crippen molar-refractivity contribution in [2.75, 3.05) is 7.11 Å². The second-order valence-corrected chi connectivity index (χ2v) is 2.67. The number of hydrogen-bond donors (Lipinski definition) is 0. The predicted octanol–water partition coefficient (Wildman–Crippen LogP) is 3.59. The van der Waals surface area contributed by atoms with E-state index >= 15 is 0 Å². The van der Waals surface area contributed by atoms with E-state index in [4.69, 9.17) is 4.74 Å². The van der Waals surface area contributed by atoms with Crippen molar-refractivity contribution in [1.29, 1.82) is 0 Å². The molecule has 0 heterocycles. The normalized spacial score (nSPS) is 8.69. The molecule has 0 spiro atoms. The van der Waals surface area contributed by atoms with Crippen molar-refractivity contribution in [2.45, 2.75) is 34.1 Å². The molecule has 0 aliphatic carbocycles. The van der Waals surface area contributed by atoms with Crippen LogP contribution in [0.2, 0.25) is 0 Å². The molecule has 13 heavy (non-hydrogen) atoms. The molecule has 0 aliphatic heterocycles. The minimum atomic E-state index is 0.998. The van der Waals surface area contributed by atoms with E-state index in [0.29, 0.717) is 0 Å². The quantitative estimate of drug-likeness (QED) is 0.675. The fraction of sp³-hybridized carbons (Fsp3) is 0.500. The van der Waals surface area contributed by atoms with E-state index in [1.807, 2.05) is 19.9 Å². The first-order chi connectivity index (χ1) is 6.27. The third-order valence-electron chi connectivity index (χ3n) is 1.82. The van der Waals surface area contributed by atoms with Crippen molar-refractivity contribution < 1.29 is 4.74 Å². The van der Waals surface area contributed by atoms with Gasteiger partial charge in [0.25, 0.3) is 0 Å². The van der Waals surface area contributed by atoms with E-state index in [9.17, 15) is 0 Å². The van der Waals surface area contributed by atoms with Gasteiger partial charge in [0.05, 0.1) is 7.11 Å². The number of rotatable bonds is 2. The van der Waals surface area contributed by atoms with Gasteiger partial charge in [-0.2, -0.15) is 0 Å². The van der Waals surface area contributed by atoms with Crippen molar-refractivity contribution in [3.63, 3.8) is 0 Å². The first kappa shape index (κ1) is 12.0. The summed E-state index contributed by atoms with van der Waals surface area (Å²) in [6.45, 7) is 8.23. The summed E-state index contributed by atoms with van der Waals surface area (Å²) < 4.78 is 5.19. The lowest BCUT2D eigenvalue weighted by atomic mass is 10.1. The summed E-state index contributed by atoms with van der Waals surface area (Å²) in [5.41, 5.74) is 2.58. The molecule has 1 heteroatoms. The third kappa shape index (κ3) is 3.49. The zero-order valence-electron chi connectivity index (χ0n) is 9.35. The largest absolute Gasteiger partial charge is 0.496 e. The number of methoxy groups -OCH3 is 1. The second-order valence-electron chi connectivity index (χ2n) is 2.67. The highest BCUT2D eigenvalue weighted by Crippen LogP contribution is 2.19. The van der Waals surface area contributed by atoms with E-state index in [1.165, 1.54) is 11.1 Å². The predicted molar refractivity (Wildman–Crippen MR) is 58.5 cm³/mol. The molecule has 0 aliphatic rings. The van der Waals surface area contributed by atoms with Crippen LogP contribution in [0.25, 0.3) is 0 Å². The molecular weight excluding hydrogens is 160 g/mol. The highest BCUT2D eigenvalue weighted by atomic mass is 16.5. The summed E-state index contributed by atoms with van der Waals surface area (Å²) in [6, 6.07) is 6.25. The minimum absolute atomic E-state index is 0.998. The SMILES string of the molecule is CC.CCc1cc(C)ccc1OC. The number of aryl methyl sites for hydroxylation is 2. The molecule has 0 fully saturated rings. The van der Waals surface area contributed by atoms with Gasteiger partial charge in [-0.3, -0.25) is 0 Å². The lowest BCUT2D eigenvalue weighted by molar-refractivity contribution is 0.410. The molecule has 0 saturated heterocycles. The lowest BCUT2D eigenvalue weighted by Crippen LogP contribution is -1.90. The Morgan fingerprint density at radius 2 is 1.85 bits per heavy atom. The van der Waals surface area contributed by atoms with Gasteiger partial charge in [-0.05, 0) is 25.0 Å². The summed E-state index contributed by atoms with van der Waals surface area (Å²) in [6.07, 6.45) is 1.03. The van der Waals surface area contributed by atoms with Crippen LogP contribution in [-0.4, -0.2) is 7.11 Å². The van der Waals surface area contributed by atoms with Crippen LogP contribution in [0, 0.1) is 6.92 Å². The Morgan fingerprint density at radius 3 is 2.31 bits per heavy atom. The van der Waals surface area contributed by atoms with Crippen LogP contribution in [0.4, 0.5) is 0 Å². The Labute approximate surface area is 81.7 Å². The third-order valence-corrected chi connectivity index (χ3v) is 1.82. The van der Waals surface area contributed by atoms with Crippen LogP contribution in [0.1, 0.15) is 31.9 Å². The van der Waals surface area contributed by atoms with Crippen LogP contribution in [0.15, 0.2) is 18.2 Å². The molecule has 0 radical (unpaired) electrons. The first-order valence-electron chi connectivity index (χ1n) is 4.91. The van der Waals surface area contributed by atoms with E-state index in [-0.39, 0.29) is 0 Å². The zero-order chi connectivity index (χ0) is 10.3. The molecule has 74 valence electrons. The molecule has 1 aromatic carbocycles. The van der Waals surface area contributed by atoms with Gasteiger partial charge in [0.1, 0.15) is 5.75 Å². The Bertz CT molecular complexity index is 241. The van der Waals surface area contributed by atoms with Crippen molar-refractivity contribution in [2.24, 2.45) is 0 Å². The maximum Gasteiger partial charge on any atom is 0.122 e. The van der Waals surface area contributed by atoms with Gasteiger partial charge < -0.3 is 4.74 Å². The van der Waals surface area contributed by atoms with E-state index in [2.05, 4.69) is 26.0 Å². The molecule has 0 saturated carbocycles. The smallest absolute Gasteiger partial charge is 0.122 e. The topological polar surface area (TPSA) is 9.23 Å². The van der Waals surface area contributed by atoms with E-state index < -0.39 is 0 Å². The molecule has 1 aromatic rings. The molecule has 0 bridgehead atoms. The van der Waals surface area contributed by atoms with Crippen LogP contribution >= 0.6 is 0 Å². The molecule has 0 aromatic heterocycles. The fourth-order valence-corrected chi connectivity index (χ4v) is 1.18. The highest BCUT2D eigenvalue weighted by molar-refractivity contribution is 5.36. The van der Waals surface area contributed by atoms with Gasteiger partial charge in [0, 0.05) is 0 Å². The van der Waals surface area contributed by atoms with Crippen LogP contribution < -0.4 is 4.74 Å². The molecule has 0 unspecified atom stereocenters. The minimum Gasteiger partial charge on any atom is -0.496 e. The van der Waals surface area contributed by atoms with Gasteiger partial charge in [-0.1, -0.05) is 38.5 Å². The number of benzene rings is 1. The van der Waals surface area contributed by atoms with Gasteiger partial charge in [0.15, 0.2) is 0 Å². The van der Waals surface area contributed by atoms with Crippen LogP contribution in [0.3, 0.4) is 0 Å². The van der Waals surface area contributed by atoms with E-state index in [1.54, 1.807) is 7.11 Å². The Balaban J connectivity index is 0.000000671. The highest BCUT2D eigenvalue weighted by Gasteiger charge is 1.98. The Kier molecular flexibility index (Phi) is 6.03. The summed E-state index contributed by atoms with van der Waals surface area (Å²) >= 11 is 0. The average Bonchev–Trinajstić information content (AvgIpc) is 2.20. The van der Waals surface area contributed by atoms with Gasteiger partial charge in [-0.15, -0.1) is 0 Å². The van der Waals surface area contributed by atoms with Crippen molar-refractivity contribution in [1.82, 2.24) is 0 Å². The Morgan fingerprint density at radius 1 is 1.23 bits per heavy atom. The summed E-state index contributed by atoms with van der Waals surface area (Å²) in [4.78, 5) is 0. The first-order valence-corrected chi connectivity index (χ1v) is 4.91. The summed E-state index contributed by atoms with van der Waals surface area (Å²) in [5, 5.41) is 0. The van der Waals surface area contributed by atoms with E-state index in [0.717, 1.165) is 12.2 Å². The second kappa shape index (κ2) is 6.53.